The van der Waals surface area contributed by atoms with Crippen LogP contribution in [0, 0.1) is 11.8 Å². The first-order valence-corrected chi connectivity index (χ1v) is 13.3. The Morgan fingerprint density at radius 2 is 2.06 bits per heavy atom. The van der Waals surface area contributed by atoms with E-state index < -0.39 is 34.2 Å². The summed E-state index contributed by atoms with van der Waals surface area (Å²) in [5.41, 5.74) is -0.472. The monoisotopic (exact) mass is 492 g/mol. The number of aliphatic hydroxyl groups excluding tert-OH is 1. The van der Waals surface area contributed by atoms with Crippen molar-refractivity contribution < 1.29 is 24.2 Å². The third kappa shape index (κ3) is 4.43. The molecule has 3 rings (SSSR count). The van der Waals surface area contributed by atoms with E-state index in [9.17, 15) is 19.5 Å². The fraction of sp³-hybridized carbons (Fsp3) is 0.731. The Bertz CT molecular complexity index is 820. The maximum absolute atomic E-state index is 14.2. The van der Waals surface area contributed by atoms with Gasteiger partial charge in [-0.15, -0.1) is 24.9 Å². The standard InChI is InChI=1S/C26H40N2O5S/c1-7-10-11-15-33-24(32)19-18-12-13-26(34-18)20(19)22(30)28(17(9-3)16-29)21(26)23(31)27(14-8-2)25(4,5)6/h7-8,17-21,29H,1-2,9-16H2,3-6H3/t17-,18-,19+,20-,21?,26?/m0/s1. The highest BCUT2D eigenvalue weighted by molar-refractivity contribution is 8.02. The average Bonchev–Trinajstić information content (AvgIpc) is 3.42. The molecule has 0 aliphatic carbocycles. The smallest absolute Gasteiger partial charge is 0.310 e. The largest absolute Gasteiger partial charge is 0.465 e. The van der Waals surface area contributed by atoms with Gasteiger partial charge in [-0.05, 0) is 52.9 Å². The van der Waals surface area contributed by atoms with Crippen LogP contribution in [0.15, 0.2) is 25.3 Å². The molecule has 1 N–H and O–H groups in total. The summed E-state index contributed by atoms with van der Waals surface area (Å²) in [7, 11) is 0. The molecular formula is C26H40N2O5S. The highest BCUT2D eigenvalue weighted by atomic mass is 32.2. The van der Waals surface area contributed by atoms with Crippen LogP contribution in [0.2, 0.25) is 0 Å². The zero-order valence-corrected chi connectivity index (χ0v) is 21.8. The molecule has 3 aliphatic heterocycles. The lowest BCUT2D eigenvalue weighted by molar-refractivity contribution is -0.154. The van der Waals surface area contributed by atoms with Crippen LogP contribution in [0.3, 0.4) is 0 Å². The van der Waals surface area contributed by atoms with E-state index in [1.165, 1.54) is 0 Å². The van der Waals surface area contributed by atoms with Crippen molar-refractivity contribution in [3.05, 3.63) is 25.3 Å². The second-order valence-electron chi connectivity index (χ2n) is 10.6. The van der Waals surface area contributed by atoms with Gasteiger partial charge in [-0.2, -0.15) is 0 Å². The molecule has 8 heteroatoms. The van der Waals surface area contributed by atoms with E-state index in [1.807, 2.05) is 27.7 Å². The van der Waals surface area contributed by atoms with Gasteiger partial charge >= 0.3 is 5.97 Å². The minimum Gasteiger partial charge on any atom is -0.465 e. The van der Waals surface area contributed by atoms with Crippen molar-refractivity contribution in [3.63, 3.8) is 0 Å². The number of likely N-dealkylation sites (tertiary alicyclic amines) is 1. The van der Waals surface area contributed by atoms with Crippen LogP contribution in [0.1, 0.15) is 59.8 Å². The predicted molar refractivity (Wildman–Crippen MR) is 134 cm³/mol. The number of hydrogen-bond donors (Lipinski definition) is 1. The highest BCUT2D eigenvalue weighted by Gasteiger charge is 2.74. The summed E-state index contributed by atoms with van der Waals surface area (Å²) in [6.07, 6.45) is 6.93. The van der Waals surface area contributed by atoms with Crippen molar-refractivity contribution >= 4 is 29.5 Å². The summed E-state index contributed by atoms with van der Waals surface area (Å²) in [6.45, 7) is 15.8. The number of fused-ring (bicyclic) bond motifs is 1. The molecule has 2 bridgehead atoms. The van der Waals surface area contributed by atoms with Crippen LogP contribution in [0.5, 0.6) is 0 Å². The first kappa shape index (κ1) is 26.8. The molecule has 3 aliphatic rings. The number of carbonyl (C=O) groups excluding carboxylic acids is 3. The quantitative estimate of drug-likeness (QED) is 0.271. The molecule has 0 aromatic rings. The molecule has 2 unspecified atom stereocenters. The number of nitrogens with zero attached hydrogens (tertiary/aromatic N) is 2. The topological polar surface area (TPSA) is 87.2 Å². The highest BCUT2D eigenvalue weighted by Crippen LogP contribution is 2.67. The summed E-state index contributed by atoms with van der Waals surface area (Å²) in [5.74, 6) is -1.85. The SMILES string of the molecule is C=CCCCOC(=O)[C@@H]1[C@@H]2CCC3(S2)C(C(=O)N(CC=C)C(C)(C)C)N([C@@H](CC)CO)C(=O)[C@H]13. The minimum absolute atomic E-state index is 0.0324. The van der Waals surface area contributed by atoms with Crippen molar-refractivity contribution in [1.29, 1.82) is 0 Å². The Kier molecular flexibility index (Phi) is 8.23. The van der Waals surface area contributed by atoms with E-state index in [1.54, 1.807) is 33.7 Å². The zero-order valence-electron chi connectivity index (χ0n) is 21.0. The molecule has 1 spiro atoms. The number of hydrogen-bond acceptors (Lipinski definition) is 6. The second kappa shape index (κ2) is 10.4. The molecule has 3 saturated heterocycles. The van der Waals surface area contributed by atoms with Crippen molar-refractivity contribution in [3.8, 4) is 0 Å². The van der Waals surface area contributed by atoms with Crippen LogP contribution in [0.4, 0.5) is 0 Å². The minimum atomic E-state index is -0.727. The number of thioether (sulfide) groups is 1. The van der Waals surface area contributed by atoms with Gasteiger partial charge in [0.25, 0.3) is 0 Å². The van der Waals surface area contributed by atoms with E-state index in [2.05, 4.69) is 13.2 Å². The molecule has 34 heavy (non-hydrogen) atoms. The van der Waals surface area contributed by atoms with Gasteiger partial charge in [0.15, 0.2) is 0 Å². The summed E-state index contributed by atoms with van der Waals surface area (Å²) < 4.78 is 4.91. The van der Waals surface area contributed by atoms with Crippen molar-refractivity contribution in [2.45, 2.75) is 87.4 Å². The van der Waals surface area contributed by atoms with Crippen LogP contribution in [0.25, 0.3) is 0 Å². The van der Waals surface area contributed by atoms with E-state index in [0.717, 1.165) is 12.8 Å². The predicted octanol–water partition coefficient (Wildman–Crippen LogP) is 3.17. The molecule has 190 valence electrons. The fourth-order valence-electron chi connectivity index (χ4n) is 5.91. The first-order valence-electron chi connectivity index (χ1n) is 12.4. The summed E-state index contributed by atoms with van der Waals surface area (Å²) >= 11 is 1.62. The Labute approximate surface area is 208 Å². The van der Waals surface area contributed by atoms with E-state index in [-0.39, 0.29) is 29.6 Å². The lowest BCUT2D eigenvalue weighted by Gasteiger charge is -2.43. The van der Waals surface area contributed by atoms with Gasteiger partial charge in [-0.1, -0.05) is 19.1 Å². The Hall–Kier alpha value is -1.80. The normalized spacial score (nSPS) is 30.7. The molecule has 0 saturated carbocycles. The van der Waals surface area contributed by atoms with Gasteiger partial charge in [0.2, 0.25) is 11.8 Å². The lowest BCUT2D eigenvalue weighted by atomic mass is 9.71. The molecular weight excluding hydrogens is 452 g/mol. The molecule has 2 amide bonds. The number of aliphatic hydroxyl groups is 1. The first-order chi connectivity index (χ1) is 16.1. The summed E-state index contributed by atoms with van der Waals surface area (Å²) in [4.78, 5) is 44.7. The second-order valence-corrected chi connectivity index (χ2v) is 12.2. The van der Waals surface area contributed by atoms with Gasteiger partial charge in [0.05, 0.1) is 35.8 Å². The van der Waals surface area contributed by atoms with Crippen LogP contribution < -0.4 is 0 Å². The van der Waals surface area contributed by atoms with Crippen molar-refractivity contribution in [2.75, 3.05) is 19.8 Å². The Balaban J connectivity index is 2.01. The van der Waals surface area contributed by atoms with Crippen molar-refractivity contribution in [1.82, 2.24) is 9.80 Å². The van der Waals surface area contributed by atoms with Crippen LogP contribution in [-0.2, 0) is 19.1 Å². The van der Waals surface area contributed by atoms with Crippen molar-refractivity contribution in [2.24, 2.45) is 11.8 Å². The average molecular weight is 493 g/mol. The molecule has 3 heterocycles. The Morgan fingerprint density at radius 1 is 1.35 bits per heavy atom. The number of esters is 1. The summed E-state index contributed by atoms with van der Waals surface area (Å²) in [6, 6.07) is -1.20. The lowest BCUT2D eigenvalue weighted by Crippen LogP contribution is -2.60. The zero-order chi connectivity index (χ0) is 25.3. The number of rotatable bonds is 11. The number of unbranched alkanes of at least 4 members (excludes halogenated alkanes) is 1. The third-order valence-electron chi connectivity index (χ3n) is 7.50. The van der Waals surface area contributed by atoms with Gasteiger partial charge in [0, 0.05) is 17.3 Å². The molecule has 6 atom stereocenters. The maximum Gasteiger partial charge on any atom is 0.310 e. The van der Waals surface area contributed by atoms with Crippen LogP contribution >= 0.6 is 11.8 Å². The van der Waals surface area contributed by atoms with Gasteiger partial charge in [0.1, 0.15) is 6.04 Å². The number of amides is 2. The fourth-order valence-corrected chi connectivity index (χ4v) is 8.10. The molecule has 0 radical (unpaired) electrons. The molecule has 0 aromatic carbocycles. The van der Waals surface area contributed by atoms with Gasteiger partial charge in [-0.25, -0.2) is 0 Å². The number of allylic oxidation sites excluding steroid dienone is 1. The Morgan fingerprint density at radius 3 is 2.62 bits per heavy atom. The number of ether oxygens (including phenoxy) is 1. The molecule has 7 nitrogen and oxygen atoms in total. The van der Waals surface area contributed by atoms with Gasteiger partial charge in [-0.3, -0.25) is 14.4 Å². The molecule has 3 fully saturated rings. The number of carbonyl (C=O) groups is 3. The van der Waals surface area contributed by atoms with Gasteiger partial charge < -0.3 is 19.6 Å². The third-order valence-corrected chi connectivity index (χ3v) is 9.46. The molecule has 0 aromatic heterocycles. The van der Waals surface area contributed by atoms with E-state index in [4.69, 9.17) is 4.74 Å². The van der Waals surface area contributed by atoms with Crippen LogP contribution in [-0.4, -0.2) is 80.1 Å². The van der Waals surface area contributed by atoms with E-state index in [0.29, 0.717) is 32.4 Å². The maximum atomic E-state index is 14.2. The van der Waals surface area contributed by atoms with E-state index >= 15 is 0 Å². The summed E-state index contributed by atoms with van der Waals surface area (Å²) in [5, 5.41) is 10.1.